The molecule has 0 saturated carbocycles. The van der Waals surface area contributed by atoms with E-state index in [2.05, 4.69) is 10.5 Å². The van der Waals surface area contributed by atoms with Gasteiger partial charge in [0.1, 0.15) is 11.5 Å². The molecule has 0 aromatic heterocycles. The maximum Gasteiger partial charge on any atom is 0.245 e. The number of methoxy groups -OCH3 is 2. The summed E-state index contributed by atoms with van der Waals surface area (Å²) in [5, 5.41) is 4.58. The van der Waals surface area contributed by atoms with Crippen molar-refractivity contribution in [2.24, 2.45) is 11.0 Å². The van der Waals surface area contributed by atoms with Crippen LogP contribution in [0.3, 0.4) is 0 Å². The molecule has 28 heavy (non-hydrogen) atoms. The minimum atomic E-state index is -0.474. The van der Waals surface area contributed by atoms with Crippen molar-refractivity contribution in [1.29, 1.82) is 0 Å². The van der Waals surface area contributed by atoms with Crippen molar-refractivity contribution in [3.63, 3.8) is 0 Å². The van der Waals surface area contributed by atoms with Crippen LogP contribution >= 0.6 is 11.6 Å². The standard InChI is InChI=1S/C20H20ClN3O4/c1-27-17-8-3-13(18(10-17)28-2)11-22-23-20(26)14-9-19(25)24(12-14)16-6-4-15(21)5-7-16/h3-8,10-11,14H,9,12H2,1-2H3,(H,23,26)/b22-11-/t14-/m1/s1. The van der Waals surface area contributed by atoms with Gasteiger partial charge in [0.25, 0.3) is 0 Å². The van der Waals surface area contributed by atoms with Gasteiger partial charge < -0.3 is 14.4 Å². The summed E-state index contributed by atoms with van der Waals surface area (Å²) in [5.74, 6) is 0.335. The van der Waals surface area contributed by atoms with E-state index in [0.29, 0.717) is 28.6 Å². The molecule has 1 heterocycles. The zero-order valence-corrected chi connectivity index (χ0v) is 16.3. The number of hydrogen-bond donors (Lipinski definition) is 1. The molecule has 3 rings (SSSR count). The van der Waals surface area contributed by atoms with E-state index in [1.165, 1.54) is 6.21 Å². The summed E-state index contributed by atoms with van der Waals surface area (Å²) in [5.41, 5.74) is 3.91. The fourth-order valence-electron chi connectivity index (χ4n) is 2.94. The number of rotatable bonds is 6. The van der Waals surface area contributed by atoms with Crippen LogP contribution in [0.5, 0.6) is 11.5 Å². The Morgan fingerprint density at radius 1 is 1.21 bits per heavy atom. The third-order valence-corrected chi connectivity index (χ3v) is 4.71. The average Bonchev–Trinajstić information content (AvgIpc) is 3.10. The highest BCUT2D eigenvalue weighted by Gasteiger charge is 2.35. The number of carbonyl (C=O) groups is 2. The molecule has 1 aliphatic rings. The van der Waals surface area contributed by atoms with E-state index in [1.807, 2.05) is 0 Å². The zero-order valence-electron chi connectivity index (χ0n) is 15.5. The number of nitrogens with zero attached hydrogens (tertiary/aromatic N) is 2. The molecule has 0 aliphatic carbocycles. The van der Waals surface area contributed by atoms with Gasteiger partial charge in [0, 0.05) is 35.3 Å². The van der Waals surface area contributed by atoms with Crippen LogP contribution in [0, 0.1) is 5.92 Å². The Kier molecular flexibility index (Phi) is 6.16. The lowest BCUT2D eigenvalue weighted by Gasteiger charge is -2.16. The van der Waals surface area contributed by atoms with E-state index in [-0.39, 0.29) is 18.2 Å². The molecule has 1 saturated heterocycles. The first-order valence-corrected chi connectivity index (χ1v) is 9.00. The molecule has 1 N–H and O–H groups in total. The van der Waals surface area contributed by atoms with Gasteiger partial charge in [0.15, 0.2) is 0 Å². The van der Waals surface area contributed by atoms with Crippen LogP contribution in [0.25, 0.3) is 0 Å². The largest absolute Gasteiger partial charge is 0.497 e. The summed E-state index contributed by atoms with van der Waals surface area (Å²) in [4.78, 5) is 26.2. The second-order valence-corrected chi connectivity index (χ2v) is 6.66. The molecule has 1 fully saturated rings. The third kappa shape index (κ3) is 4.43. The fourth-order valence-corrected chi connectivity index (χ4v) is 3.06. The van der Waals surface area contributed by atoms with Crippen molar-refractivity contribution in [3.8, 4) is 11.5 Å². The zero-order chi connectivity index (χ0) is 20.1. The number of halogens is 1. The minimum absolute atomic E-state index is 0.108. The normalized spacial score (nSPS) is 16.5. The van der Waals surface area contributed by atoms with Gasteiger partial charge in [-0.05, 0) is 36.4 Å². The first-order chi connectivity index (χ1) is 13.5. The Balaban J connectivity index is 1.62. The third-order valence-electron chi connectivity index (χ3n) is 4.45. The lowest BCUT2D eigenvalue weighted by molar-refractivity contribution is -0.126. The van der Waals surface area contributed by atoms with Crippen LogP contribution in [-0.4, -0.2) is 38.8 Å². The minimum Gasteiger partial charge on any atom is -0.497 e. The molecular weight excluding hydrogens is 382 g/mol. The molecule has 7 nitrogen and oxygen atoms in total. The number of amides is 2. The van der Waals surface area contributed by atoms with Gasteiger partial charge in [-0.15, -0.1) is 0 Å². The summed E-state index contributed by atoms with van der Waals surface area (Å²) in [6.07, 6.45) is 1.62. The summed E-state index contributed by atoms with van der Waals surface area (Å²) in [7, 11) is 3.11. The van der Waals surface area contributed by atoms with Crippen molar-refractivity contribution >= 4 is 35.3 Å². The molecule has 2 amide bonds. The van der Waals surface area contributed by atoms with Crippen molar-refractivity contribution in [2.75, 3.05) is 25.7 Å². The first-order valence-electron chi connectivity index (χ1n) is 8.62. The van der Waals surface area contributed by atoms with Gasteiger partial charge >= 0.3 is 0 Å². The quantitative estimate of drug-likeness (QED) is 0.596. The number of nitrogens with one attached hydrogen (secondary N) is 1. The molecule has 1 atom stereocenters. The second kappa shape index (κ2) is 8.75. The Morgan fingerprint density at radius 2 is 1.96 bits per heavy atom. The van der Waals surface area contributed by atoms with Crippen LogP contribution in [0.15, 0.2) is 47.6 Å². The Labute approximate surface area is 167 Å². The summed E-state index contributed by atoms with van der Waals surface area (Å²) >= 11 is 5.88. The monoisotopic (exact) mass is 401 g/mol. The number of carbonyl (C=O) groups excluding carboxylic acids is 2. The molecule has 0 spiro atoms. The Morgan fingerprint density at radius 3 is 2.64 bits per heavy atom. The van der Waals surface area contributed by atoms with Crippen molar-refractivity contribution < 1.29 is 19.1 Å². The lowest BCUT2D eigenvalue weighted by Crippen LogP contribution is -2.30. The van der Waals surface area contributed by atoms with Gasteiger partial charge in [0.2, 0.25) is 11.8 Å². The van der Waals surface area contributed by atoms with Crippen molar-refractivity contribution in [2.45, 2.75) is 6.42 Å². The maximum absolute atomic E-state index is 12.4. The van der Waals surface area contributed by atoms with Gasteiger partial charge in [-0.3, -0.25) is 9.59 Å². The van der Waals surface area contributed by atoms with Gasteiger partial charge in [0.05, 0.1) is 26.4 Å². The summed E-state index contributed by atoms with van der Waals surface area (Å²) < 4.78 is 10.4. The van der Waals surface area contributed by atoms with E-state index in [9.17, 15) is 9.59 Å². The highest BCUT2D eigenvalue weighted by molar-refractivity contribution is 6.30. The van der Waals surface area contributed by atoms with Crippen molar-refractivity contribution in [1.82, 2.24) is 5.43 Å². The van der Waals surface area contributed by atoms with Crippen LogP contribution < -0.4 is 19.8 Å². The van der Waals surface area contributed by atoms with Crippen molar-refractivity contribution in [3.05, 3.63) is 53.1 Å². The highest BCUT2D eigenvalue weighted by Crippen LogP contribution is 2.26. The van der Waals surface area contributed by atoms with Crippen LogP contribution in [0.4, 0.5) is 5.69 Å². The van der Waals surface area contributed by atoms with E-state index in [4.69, 9.17) is 21.1 Å². The molecule has 0 radical (unpaired) electrons. The number of benzene rings is 2. The predicted octanol–water partition coefficient (Wildman–Crippen LogP) is 2.86. The number of ether oxygens (including phenoxy) is 2. The van der Waals surface area contributed by atoms with Crippen LogP contribution in [0.2, 0.25) is 5.02 Å². The van der Waals surface area contributed by atoms with E-state index in [0.717, 1.165) is 5.69 Å². The summed E-state index contributed by atoms with van der Waals surface area (Å²) in [6, 6.07) is 12.2. The topological polar surface area (TPSA) is 80.2 Å². The number of anilines is 1. The molecule has 146 valence electrons. The van der Waals surface area contributed by atoms with Gasteiger partial charge in [-0.1, -0.05) is 11.6 Å². The molecule has 2 aromatic rings. The van der Waals surface area contributed by atoms with E-state index in [1.54, 1.807) is 61.6 Å². The Hall–Kier alpha value is -3.06. The average molecular weight is 402 g/mol. The Bertz CT molecular complexity index is 899. The van der Waals surface area contributed by atoms with E-state index >= 15 is 0 Å². The maximum atomic E-state index is 12.4. The molecule has 2 aromatic carbocycles. The molecule has 0 bridgehead atoms. The highest BCUT2D eigenvalue weighted by atomic mass is 35.5. The second-order valence-electron chi connectivity index (χ2n) is 6.22. The SMILES string of the molecule is COc1ccc(/C=N\NC(=O)[C@@H]2CC(=O)N(c3ccc(Cl)cc3)C2)c(OC)c1. The van der Waals surface area contributed by atoms with Gasteiger partial charge in [-0.25, -0.2) is 5.43 Å². The molecule has 1 aliphatic heterocycles. The summed E-state index contributed by atoms with van der Waals surface area (Å²) in [6.45, 7) is 0.299. The molecule has 0 unspecified atom stereocenters. The number of hydrogen-bond acceptors (Lipinski definition) is 5. The van der Waals surface area contributed by atoms with Crippen LogP contribution in [-0.2, 0) is 9.59 Å². The van der Waals surface area contributed by atoms with E-state index < -0.39 is 5.92 Å². The smallest absolute Gasteiger partial charge is 0.245 e. The number of hydrazone groups is 1. The molecule has 8 heteroatoms. The lowest BCUT2D eigenvalue weighted by atomic mass is 10.1. The van der Waals surface area contributed by atoms with Gasteiger partial charge in [-0.2, -0.15) is 5.10 Å². The molecular formula is C20H20ClN3O4. The van der Waals surface area contributed by atoms with Crippen LogP contribution in [0.1, 0.15) is 12.0 Å². The first kappa shape index (κ1) is 19.7. The fraction of sp³-hybridized carbons (Fsp3) is 0.250. The predicted molar refractivity (Wildman–Crippen MR) is 107 cm³/mol.